The van der Waals surface area contributed by atoms with E-state index >= 15 is 0 Å². The number of likely N-dealkylation sites (tertiary alicyclic amines) is 1. The van der Waals surface area contributed by atoms with Gasteiger partial charge in [-0.2, -0.15) is 0 Å². The van der Waals surface area contributed by atoms with Gasteiger partial charge in [0.25, 0.3) is 0 Å². The fraction of sp³-hybridized carbons (Fsp3) is 0.519. The molecule has 5 atom stereocenters. The molecule has 2 heterocycles. The number of carbonyl (C=O) groups is 4. The van der Waals surface area contributed by atoms with Crippen LogP contribution in [-0.4, -0.2) is 74.7 Å². The van der Waals surface area contributed by atoms with Crippen LogP contribution in [0.4, 0.5) is 4.79 Å². The molecule has 0 radical (unpaired) electrons. The van der Waals surface area contributed by atoms with Gasteiger partial charge in [0.1, 0.15) is 18.1 Å². The van der Waals surface area contributed by atoms with E-state index in [1.54, 1.807) is 37.6 Å². The standard InChI is InChI=1S/C27H37N5O6S/c1-14(17-7-9-18(10-8-17)21-15(2)28-13-39-21)29-24(35)20-11-19(33)12-32(20)25(36)22(27(4,5)6)31-23(34)16(3)30-26(37)38/h7-10,13-14,16,19-20,22,30,33H,11-12H2,1-6H3,(H,29,35)(H,31,34)(H,37,38)/t14?,16?,19-,20+,22?/m1/s1. The molecule has 1 aromatic heterocycles. The number of aryl methyl sites for hydroxylation is 1. The van der Waals surface area contributed by atoms with E-state index in [0.29, 0.717) is 0 Å². The van der Waals surface area contributed by atoms with Crippen LogP contribution in [0.15, 0.2) is 29.8 Å². The highest BCUT2D eigenvalue weighted by Crippen LogP contribution is 2.29. The lowest BCUT2D eigenvalue weighted by Gasteiger charge is -2.36. The summed E-state index contributed by atoms with van der Waals surface area (Å²) in [7, 11) is 0. The number of amides is 4. The van der Waals surface area contributed by atoms with Crippen molar-refractivity contribution in [3.63, 3.8) is 0 Å². The summed E-state index contributed by atoms with van der Waals surface area (Å²) >= 11 is 1.56. The summed E-state index contributed by atoms with van der Waals surface area (Å²) in [6.07, 6.45) is -2.20. The second-order valence-corrected chi connectivity index (χ2v) is 11.8. The number of carbonyl (C=O) groups excluding carboxylic acids is 3. The summed E-state index contributed by atoms with van der Waals surface area (Å²) in [5.41, 5.74) is 3.92. The number of hydrogen-bond acceptors (Lipinski definition) is 7. The van der Waals surface area contributed by atoms with Crippen molar-refractivity contribution in [3.8, 4) is 10.4 Å². The van der Waals surface area contributed by atoms with Gasteiger partial charge in [0.15, 0.2) is 0 Å². The number of aliphatic hydroxyl groups is 1. The second kappa shape index (κ2) is 12.1. The predicted octanol–water partition coefficient (Wildman–Crippen LogP) is 2.44. The van der Waals surface area contributed by atoms with E-state index in [-0.39, 0.29) is 19.0 Å². The zero-order valence-corrected chi connectivity index (χ0v) is 23.8. The first-order valence-corrected chi connectivity index (χ1v) is 13.7. The molecule has 3 unspecified atom stereocenters. The fourth-order valence-electron chi connectivity index (χ4n) is 4.53. The molecule has 39 heavy (non-hydrogen) atoms. The van der Waals surface area contributed by atoms with Crippen LogP contribution in [-0.2, 0) is 14.4 Å². The van der Waals surface area contributed by atoms with Crippen molar-refractivity contribution in [1.29, 1.82) is 0 Å². The van der Waals surface area contributed by atoms with Crippen molar-refractivity contribution in [2.24, 2.45) is 5.41 Å². The highest BCUT2D eigenvalue weighted by Gasteiger charge is 2.45. The molecule has 0 bridgehead atoms. The Bertz CT molecular complexity index is 1210. The molecule has 0 aliphatic carbocycles. The number of rotatable bonds is 8. The molecule has 1 saturated heterocycles. The summed E-state index contributed by atoms with van der Waals surface area (Å²) in [5, 5.41) is 26.9. The van der Waals surface area contributed by atoms with Gasteiger partial charge in [-0.1, -0.05) is 45.0 Å². The predicted molar refractivity (Wildman–Crippen MR) is 147 cm³/mol. The third kappa shape index (κ3) is 7.33. The van der Waals surface area contributed by atoms with Crippen molar-refractivity contribution >= 4 is 35.2 Å². The molecule has 1 aliphatic heterocycles. The van der Waals surface area contributed by atoms with Gasteiger partial charge in [0, 0.05) is 13.0 Å². The molecule has 12 heteroatoms. The Morgan fingerprint density at radius 2 is 1.72 bits per heavy atom. The zero-order valence-electron chi connectivity index (χ0n) is 23.0. The Hall–Kier alpha value is -3.51. The minimum Gasteiger partial charge on any atom is -0.465 e. The first-order valence-electron chi connectivity index (χ1n) is 12.8. The largest absolute Gasteiger partial charge is 0.465 e. The lowest BCUT2D eigenvalue weighted by molar-refractivity contribution is -0.144. The van der Waals surface area contributed by atoms with Gasteiger partial charge in [-0.3, -0.25) is 14.4 Å². The molecule has 1 fully saturated rings. The van der Waals surface area contributed by atoms with Crippen LogP contribution in [0.1, 0.15) is 58.3 Å². The highest BCUT2D eigenvalue weighted by atomic mass is 32.1. The summed E-state index contributed by atoms with van der Waals surface area (Å²) in [4.78, 5) is 57.2. The number of aliphatic hydroxyl groups excluding tert-OH is 1. The average Bonchev–Trinajstić information content (AvgIpc) is 3.46. The molecular weight excluding hydrogens is 522 g/mol. The van der Waals surface area contributed by atoms with Crippen molar-refractivity contribution in [2.45, 2.75) is 78.2 Å². The monoisotopic (exact) mass is 559 g/mol. The van der Waals surface area contributed by atoms with E-state index in [4.69, 9.17) is 5.11 Å². The third-order valence-electron chi connectivity index (χ3n) is 6.77. The molecule has 1 aliphatic rings. The van der Waals surface area contributed by atoms with Gasteiger partial charge in [-0.25, -0.2) is 9.78 Å². The Labute approximate surface area is 232 Å². The van der Waals surface area contributed by atoms with Crippen molar-refractivity contribution in [3.05, 3.63) is 41.0 Å². The average molecular weight is 560 g/mol. The molecule has 11 nitrogen and oxygen atoms in total. The molecule has 3 rings (SSSR count). The van der Waals surface area contributed by atoms with E-state index in [2.05, 4.69) is 20.9 Å². The normalized spacial score (nSPS) is 19.6. The fourth-order valence-corrected chi connectivity index (χ4v) is 5.35. The zero-order chi connectivity index (χ0) is 29.1. The molecule has 5 N–H and O–H groups in total. The maximum atomic E-state index is 13.6. The molecule has 0 spiro atoms. The Kier molecular flexibility index (Phi) is 9.34. The Balaban J connectivity index is 1.73. The van der Waals surface area contributed by atoms with Crippen LogP contribution in [0.3, 0.4) is 0 Å². The minimum absolute atomic E-state index is 0.0560. The van der Waals surface area contributed by atoms with Crippen molar-refractivity contribution in [1.82, 2.24) is 25.8 Å². The van der Waals surface area contributed by atoms with Gasteiger partial charge < -0.3 is 31.1 Å². The van der Waals surface area contributed by atoms with Gasteiger partial charge in [-0.15, -0.1) is 11.3 Å². The van der Waals surface area contributed by atoms with Crippen molar-refractivity contribution in [2.75, 3.05) is 6.54 Å². The third-order valence-corrected chi connectivity index (χ3v) is 7.75. The number of β-amino-alcohol motifs (C(OH)–C–C–N with tert-alkyl or cyclic N) is 1. The maximum Gasteiger partial charge on any atom is 0.405 e. The molecule has 1 aromatic carbocycles. The van der Waals surface area contributed by atoms with Crippen LogP contribution >= 0.6 is 11.3 Å². The van der Waals surface area contributed by atoms with E-state index in [0.717, 1.165) is 21.7 Å². The highest BCUT2D eigenvalue weighted by molar-refractivity contribution is 7.13. The lowest BCUT2D eigenvalue weighted by atomic mass is 9.85. The molecule has 212 valence electrons. The lowest BCUT2D eigenvalue weighted by Crippen LogP contribution is -2.60. The van der Waals surface area contributed by atoms with Crippen LogP contribution in [0.5, 0.6) is 0 Å². The number of nitrogens with one attached hydrogen (secondary N) is 3. The quantitative estimate of drug-likeness (QED) is 0.332. The van der Waals surface area contributed by atoms with Gasteiger partial charge in [0.2, 0.25) is 17.7 Å². The van der Waals surface area contributed by atoms with E-state index in [1.165, 1.54) is 11.8 Å². The first kappa shape index (κ1) is 30.0. The summed E-state index contributed by atoms with van der Waals surface area (Å²) < 4.78 is 0. The van der Waals surface area contributed by atoms with E-state index in [1.807, 2.05) is 38.1 Å². The molecule has 4 amide bonds. The Morgan fingerprint density at radius 1 is 1.08 bits per heavy atom. The molecule has 0 saturated carbocycles. The summed E-state index contributed by atoms with van der Waals surface area (Å²) in [6.45, 7) is 10.4. The maximum absolute atomic E-state index is 13.6. The van der Waals surface area contributed by atoms with Crippen molar-refractivity contribution < 1.29 is 29.4 Å². The first-order chi connectivity index (χ1) is 18.2. The number of carboxylic acid groups (broad SMARTS) is 1. The molecule has 2 aromatic rings. The number of aromatic nitrogens is 1. The molecular formula is C27H37N5O6S. The number of benzene rings is 1. The SMILES string of the molecule is Cc1ncsc1-c1ccc(C(C)NC(=O)[C@@H]2C[C@@H](O)CN2C(=O)C(NC(=O)C(C)NC(=O)O)C(C)(C)C)cc1. The van der Waals surface area contributed by atoms with E-state index < -0.39 is 53.5 Å². The van der Waals surface area contributed by atoms with Crippen LogP contribution in [0.2, 0.25) is 0 Å². The topological polar surface area (TPSA) is 161 Å². The number of hydrogen-bond donors (Lipinski definition) is 5. The smallest absolute Gasteiger partial charge is 0.405 e. The summed E-state index contributed by atoms with van der Waals surface area (Å²) in [5.74, 6) is -1.60. The van der Waals surface area contributed by atoms with Crippen LogP contribution < -0.4 is 16.0 Å². The van der Waals surface area contributed by atoms with Gasteiger partial charge >= 0.3 is 6.09 Å². The second-order valence-electron chi connectivity index (χ2n) is 11.0. The Morgan fingerprint density at radius 3 is 2.26 bits per heavy atom. The number of nitrogens with zero attached hydrogens (tertiary/aromatic N) is 2. The van der Waals surface area contributed by atoms with Crippen LogP contribution in [0, 0.1) is 12.3 Å². The minimum atomic E-state index is -1.36. The van der Waals surface area contributed by atoms with Gasteiger partial charge in [0.05, 0.1) is 28.2 Å². The summed E-state index contributed by atoms with van der Waals surface area (Å²) in [6, 6.07) is 4.40. The van der Waals surface area contributed by atoms with Gasteiger partial charge in [-0.05, 0) is 37.3 Å². The van der Waals surface area contributed by atoms with E-state index in [9.17, 15) is 24.3 Å². The number of thiazole rings is 1. The van der Waals surface area contributed by atoms with Crippen LogP contribution in [0.25, 0.3) is 10.4 Å².